The van der Waals surface area contributed by atoms with Crippen LogP contribution >= 0.6 is 0 Å². The molecule has 0 heterocycles. The predicted octanol–water partition coefficient (Wildman–Crippen LogP) is 8.31. The first-order valence-corrected chi connectivity index (χ1v) is 12.1. The standard InChI is InChI=1S/C15H26O2.C13H24O.CH4/c1-6-13(4)14(5)10-8-9-12(3)11-15(16)17-7-2;1-5-12(3)13(4)8-6-7-11(2)9-10-14;/h8,10-11,13-14H,6-7,9H2,1-5H3;6,8-9,12-14H,5,7,10H2,1-4H3;1H4/b10-8+,12-11+;8-6+,11-9+;/t13-,14-;12-,13-;/m00./s1. The van der Waals surface area contributed by atoms with Gasteiger partial charge in [0.1, 0.15) is 0 Å². The molecule has 0 aliphatic heterocycles. The summed E-state index contributed by atoms with van der Waals surface area (Å²) in [5, 5.41) is 8.67. The molecule has 0 unspecified atom stereocenters. The number of aliphatic hydroxyl groups is 1. The maximum absolute atomic E-state index is 11.2. The average Bonchev–Trinajstić information content (AvgIpc) is 2.72. The van der Waals surface area contributed by atoms with E-state index in [1.807, 2.05) is 19.9 Å². The molecule has 0 rings (SSSR count). The molecular weight excluding hydrogens is 396 g/mol. The van der Waals surface area contributed by atoms with Crippen LogP contribution in [0.2, 0.25) is 0 Å². The van der Waals surface area contributed by atoms with Gasteiger partial charge in [-0.2, -0.15) is 0 Å². The fourth-order valence-electron chi connectivity index (χ4n) is 2.74. The Morgan fingerprint density at radius 3 is 1.66 bits per heavy atom. The molecular formula is C29H54O3. The van der Waals surface area contributed by atoms with Crippen molar-refractivity contribution in [2.24, 2.45) is 23.7 Å². The molecule has 0 saturated carbocycles. The van der Waals surface area contributed by atoms with E-state index in [9.17, 15) is 4.79 Å². The van der Waals surface area contributed by atoms with Crippen LogP contribution in [0.3, 0.4) is 0 Å². The van der Waals surface area contributed by atoms with E-state index in [0.29, 0.717) is 24.4 Å². The Morgan fingerprint density at radius 2 is 1.28 bits per heavy atom. The highest BCUT2D eigenvalue weighted by molar-refractivity contribution is 5.82. The van der Waals surface area contributed by atoms with Crippen LogP contribution < -0.4 is 0 Å². The first-order valence-electron chi connectivity index (χ1n) is 12.1. The molecule has 32 heavy (non-hydrogen) atoms. The number of rotatable bonds is 13. The van der Waals surface area contributed by atoms with Crippen molar-refractivity contribution in [3.8, 4) is 0 Å². The van der Waals surface area contributed by atoms with Crippen LogP contribution in [0.25, 0.3) is 0 Å². The third-order valence-corrected chi connectivity index (χ3v) is 5.93. The van der Waals surface area contributed by atoms with Gasteiger partial charge in [-0.3, -0.25) is 0 Å². The van der Waals surface area contributed by atoms with Crippen LogP contribution in [0.5, 0.6) is 0 Å². The summed E-state index contributed by atoms with van der Waals surface area (Å²) < 4.78 is 4.86. The number of esters is 1. The molecule has 0 radical (unpaired) electrons. The summed E-state index contributed by atoms with van der Waals surface area (Å²) in [7, 11) is 0. The fraction of sp³-hybridized carbons (Fsp3) is 0.690. The van der Waals surface area contributed by atoms with Crippen molar-refractivity contribution in [2.75, 3.05) is 13.2 Å². The van der Waals surface area contributed by atoms with Crippen LogP contribution in [0.4, 0.5) is 0 Å². The van der Waals surface area contributed by atoms with E-state index in [4.69, 9.17) is 9.84 Å². The molecule has 0 aromatic carbocycles. The van der Waals surface area contributed by atoms with E-state index in [0.717, 1.165) is 24.3 Å². The lowest BCUT2D eigenvalue weighted by atomic mass is 9.93. The lowest BCUT2D eigenvalue weighted by Crippen LogP contribution is -2.03. The second-order valence-corrected chi connectivity index (χ2v) is 8.73. The van der Waals surface area contributed by atoms with Crippen molar-refractivity contribution >= 4 is 5.97 Å². The second kappa shape index (κ2) is 22.6. The molecule has 0 fully saturated rings. The van der Waals surface area contributed by atoms with E-state index in [1.54, 1.807) is 6.08 Å². The number of carbonyl (C=O) groups excluding carboxylic acids is 1. The summed E-state index contributed by atoms with van der Waals surface area (Å²) in [4.78, 5) is 11.2. The number of carbonyl (C=O) groups is 1. The molecule has 4 atom stereocenters. The van der Waals surface area contributed by atoms with Crippen molar-refractivity contribution in [1.29, 1.82) is 0 Å². The summed E-state index contributed by atoms with van der Waals surface area (Å²) in [6.07, 6.45) is 16.5. The highest BCUT2D eigenvalue weighted by Crippen LogP contribution is 2.17. The number of hydrogen-bond donors (Lipinski definition) is 1. The lowest BCUT2D eigenvalue weighted by molar-refractivity contribution is -0.137. The molecule has 0 aliphatic rings. The van der Waals surface area contributed by atoms with Gasteiger partial charge >= 0.3 is 5.97 Å². The van der Waals surface area contributed by atoms with Gasteiger partial charge in [-0.15, -0.1) is 0 Å². The second-order valence-electron chi connectivity index (χ2n) is 8.73. The number of aliphatic hydroxyl groups excluding tert-OH is 1. The highest BCUT2D eigenvalue weighted by Gasteiger charge is 2.06. The first kappa shape index (κ1) is 35.0. The zero-order chi connectivity index (χ0) is 24.2. The van der Waals surface area contributed by atoms with Crippen molar-refractivity contribution in [2.45, 2.75) is 95.4 Å². The monoisotopic (exact) mass is 450 g/mol. The Bertz CT molecular complexity index is 569. The quantitative estimate of drug-likeness (QED) is 0.174. The molecule has 0 aliphatic carbocycles. The van der Waals surface area contributed by atoms with Crippen molar-refractivity contribution < 1.29 is 14.6 Å². The molecule has 188 valence electrons. The number of ether oxygens (including phenoxy) is 1. The van der Waals surface area contributed by atoms with Crippen LogP contribution in [0.1, 0.15) is 95.4 Å². The van der Waals surface area contributed by atoms with Gasteiger partial charge in [0.05, 0.1) is 13.2 Å². The maximum Gasteiger partial charge on any atom is 0.330 e. The van der Waals surface area contributed by atoms with E-state index < -0.39 is 0 Å². The Balaban J connectivity index is -0.000000519. The van der Waals surface area contributed by atoms with Gasteiger partial charge in [-0.05, 0) is 57.3 Å². The van der Waals surface area contributed by atoms with E-state index in [-0.39, 0.29) is 20.0 Å². The van der Waals surface area contributed by atoms with Crippen molar-refractivity contribution in [1.82, 2.24) is 0 Å². The molecule has 0 spiro atoms. The third-order valence-electron chi connectivity index (χ3n) is 5.93. The Hall–Kier alpha value is -1.61. The first-order chi connectivity index (χ1) is 14.6. The third kappa shape index (κ3) is 20.3. The Labute approximate surface area is 200 Å². The topological polar surface area (TPSA) is 46.5 Å². The molecule has 0 amide bonds. The van der Waals surface area contributed by atoms with Gasteiger partial charge in [0, 0.05) is 6.08 Å². The van der Waals surface area contributed by atoms with Gasteiger partial charge < -0.3 is 9.84 Å². The molecule has 0 aromatic heterocycles. The van der Waals surface area contributed by atoms with Gasteiger partial charge in [-0.1, -0.05) is 103 Å². The van der Waals surface area contributed by atoms with Crippen LogP contribution in [-0.4, -0.2) is 24.3 Å². The summed E-state index contributed by atoms with van der Waals surface area (Å²) in [6.45, 7) is 19.9. The minimum absolute atomic E-state index is 0. The van der Waals surface area contributed by atoms with Gasteiger partial charge in [0.15, 0.2) is 0 Å². The zero-order valence-electron chi connectivity index (χ0n) is 21.8. The molecule has 0 aromatic rings. The molecule has 0 bridgehead atoms. The minimum atomic E-state index is -0.242. The SMILES string of the molecule is C.CCOC(=O)/C=C(\C)C/C=C/[C@H](C)[C@@H](C)CC.CC[C@H](C)[C@@H](C)/C=C/C/C(C)=C/CO. The van der Waals surface area contributed by atoms with Gasteiger partial charge in [-0.25, -0.2) is 4.79 Å². The number of hydrogen-bond acceptors (Lipinski definition) is 3. The van der Waals surface area contributed by atoms with Crippen LogP contribution in [0.15, 0.2) is 47.6 Å². The zero-order valence-corrected chi connectivity index (χ0v) is 21.8. The highest BCUT2D eigenvalue weighted by atomic mass is 16.5. The van der Waals surface area contributed by atoms with Crippen molar-refractivity contribution in [3.63, 3.8) is 0 Å². The smallest absolute Gasteiger partial charge is 0.330 e. The Morgan fingerprint density at radius 1 is 0.844 bits per heavy atom. The van der Waals surface area contributed by atoms with Crippen LogP contribution in [0, 0.1) is 23.7 Å². The molecule has 1 N–H and O–H groups in total. The summed E-state index contributed by atoms with van der Waals surface area (Å²) >= 11 is 0. The number of allylic oxidation sites excluding steroid dienone is 6. The lowest BCUT2D eigenvalue weighted by Gasteiger charge is -2.13. The Kier molecular flexibility index (Phi) is 24.7. The van der Waals surface area contributed by atoms with E-state index in [2.05, 4.69) is 72.8 Å². The van der Waals surface area contributed by atoms with E-state index >= 15 is 0 Å². The normalized spacial score (nSPS) is 16.1. The largest absolute Gasteiger partial charge is 0.463 e. The molecule has 3 heteroatoms. The summed E-state index contributed by atoms with van der Waals surface area (Å²) in [6, 6.07) is 0. The summed E-state index contributed by atoms with van der Waals surface area (Å²) in [5.74, 6) is 2.47. The minimum Gasteiger partial charge on any atom is -0.463 e. The van der Waals surface area contributed by atoms with Gasteiger partial charge in [0.2, 0.25) is 0 Å². The summed E-state index contributed by atoms with van der Waals surface area (Å²) in [5.41, 5.74) is 2.27. The maximum atomic E-state index is 11.2. The average molecular weight is 451 g/mol. The van der Waals surface area contributed by atoms with Crippen molar-refractivity contribution in [3.05, 3.63) is 47.6 Å². The predicted molar refractivity (Wildman–Crippen MR) is 143 cm³/mol. The van der Waals surface area contributed by atoms with Gasteiger partial charge in [0.25, 0.3) is 0 Å². The molecule has 3 nitrogen and oxygen atoms in total. The van der Waals surface area contributed by atoms with E-state index in [1.165, 1.54) is 18.4 Å². The molecule has 0 saturated heterocycles. The van der Waals surface area contributed by atoms with Crippen LogP contribution in [-0.2, 0) is 9.53 Å². The fourth-order valence-corrected chi connectivity index (χ4v) is 2.74.